The molecule has 1 aliphatic rings. The molecule has 154 valence electrons. The molecule has 1 N–H and O–H groups in total. The summed E-state index contributed by atoms with van der Waals surface area (Å²) in [5.74, 6) is 0.420. The highest BCUT2D eigenvalue weighted by Gasteiger charge is 2.22. The Morgan fingerprint density at radius 1 is 0.966 bits per heavy atom. The number of para-hydroxylation sites is 1. The second-order valence-electron chi connectivity index (χ2n) is 8.03. The molecule has 0 unspecified atom stereocenters. The van der Waals surface area contributed by atoms with Crippen molar-refractivity contribution in [3.8, 4) is 0 Å². The van der Waals surface area contributed by atoms with Crippen molar-refractivity contribution in [1.82, 2.24) is 9.80 Å². The molecule has 2 aromatic rings. The Morgan fingerprint density at radius 2 is 1.72 bits per heavy atom. The summed E-state index contributed by atoms with van der Waals surface area (Å²) in [4.78, 5) is 29.4. The van der Waals surface area contributed by atoms with Gasteiger partial charge in [-0.05, 0) is 42.5 Å². The SMILES string of the molecule is Cc1cccc(C(C)C)c1NC(=O)CN1CCCN(C(=O)c2ccccc2)CC1. The zero-order valence-corrected chi connectivity index (χ0v) is 17.6. The summed E-state index contributed by atoms with van der Waals surface area (Å²) in [7, 11) is 0. The van der Waals surface area contributed by atoms with E-state index in [1.54, 1.807) is 0 Å². The van der Waals surface area contributed by atoms with Gasteiger partial charge in [-0.1, -0.05) is 50.2 Å². The first-order chi connectivity index (χ1) is 14.0. The van der Waals surface area contributed by atoms with E-state index in [0.717, 1.165) is 41.9 Å². The minimum absolute atomic E-state index is 0.00374. The fourth-order valence-corrected chi connectivity index (χ4v) is 3.82. The lowest BCUT2D eigenvalue weighted by molar-refractivity contribution is -0.117. The van der Waals surface area contributed by atoms with Crippen molar-refractivity contribution in [2.75, 3.05) is 38.0 Å². The van der Waals surface area contributed by atoms with Crippen LogP contribution in [0.2, 0.25) is 0 Å². The average molecular weight is 394 g/mol. The zero-order valence-electron chi connectivity index (χ0n) is 17.6. The van der Waals surface area contributed by atoms with Crippen LogP contribution in [0.1, 0.15) is 47.7 Å². The van der Waals surface area contributed by atoms with E-state index in [1.165, 1.54) is 0 Å². The van der Waals surface area contributed by atoms with Gasteiger partial charge in [-0.3, -0.25) is 14.5 Å². The van der Waals surface area contributed by atoms with Crippen molar-refractivity contribution in [2.24, 2.45) is 0 Å². The maximum atomic E-state index is 12.7. The number of amides is 2. The number of nitrogens with one attached hydrogen (secondary N) is 1. The lowest BCUT2D eigenvalue weighted by Gasteiger charge is -2.22. The zero-order chi connectivity index (χ0) is 20.8. The molecular formula is C24H31N3O2. The lowest BCUT2D eigenvalue weighted by Crippen LogP contribution is -2.38. The monoisotopic (exact) mass is 393 g/mol. The van der Waals surface area contributed by atoms with Crippen LogP contribution in [-0.2, 0) is 4.79 Å². The molecule has 0 aromatic heterocycles. The number of anilines is 1. The first-order valence-corrected chi connectivity index (χ1v) is 10.4. The third-order valence-electron chi connectivity index (χ3n) is 5.46. The number of carbonyl (C=O) groups is 2. The Balaban J connectivity index is 1.58. The molecule has 5 nitrogen and oxygen atoms in total. The van der Waals surface area contributed by atoms with Gasteiger partial charge in [-0.25, -0.2) is 0 Å². The third kappa shape index (κ3) is 5.45. The highest BCUT2D eigenvalue weighted by Crippen LogP contribution is 2.27. The topological polar surface area (TPSA) is 52.7 Å². The van der Waals surface area contributed by atoms with Crippen LogP contribution < -0.4 is 5.32 Å². The summed E-state index contributed by atoms with van der Waals surface area (Å²) in [6, 6.07) is 15.5. The van der Waals surface area contributed by atoms with E-state index in [9.17, 15) is 9.59 Å². The standard InChI is InChI=1S/C24H31N3O2/c1-18(2)21-12-7-9-19(3)23(21)25-22(28)17-26-13-8-14-27(16-15-26)24(29)20-10-5-4-6-11-20/h4-7,9-12,18H,8,13-17H2,1-3H3,(H,25,28). The summed E-state index contributed by atoms with van der Waals surface area (Å²) in [5, 5.41) is 3.13. The Hall–Kier alpha value is -2.66. The first kappa shape index (κ1) is 21.1. The van der Waals surface area contributed by atoms with Crippen LogP contribution in [-0.4, -0.2) is 54.3 Å². The van der Waals surface area contributed by atoms with Crippen LogP contribution in [0.5, 0.6) is 0 Å². The molecule has 0 saturated carbocycles. The first-order valence-electron chi connectivity index (χ1n) is 10.4. The van der Waals surface area contributed by atoms with Gasteiger partial charge in [-0.2, -0.15) is 0 Å². The highest BCUT2D eigenvalue weighted by molar-refractivity contribution is 5.94. The lowest BCUT2D eigenvalue weighted by atomic mass is 9.98. The Bertz CT molecular complexity index is 848. The van der Waals surface area contributed by atoms with E-state index in [1.807, 2.05) is 54.3 Å². The third-order valence-corrected chi connectivity index (χ3v) is 5.46. The predicted octanol–water partition coefficient (Wildman–Crippen LogP) is 3.91. The van der Waals surface area contributed by atoms with Crippen LogP contribution in [0, 0.1) is 6.92 Å². The van der Waals surface area contributed by atoms with Gasteiger partial charge in [0.1, 0.15) is 0 Å². The van der Waals surface area contributed by atoms with E-state index in [4.69, 9.17) is 0 Å². The Labute approximate surface area is 173 Å². The molecule has 2 amide bonds. The minimum Gasteiger partial charge on any atom is -0.337 e. The molecule has 5 heteroatoms. The molecule has 1 heterocycles. The molecule has 1 fully saturated rings. The number of rotatable bonds is 5. The van der Waals surface area contributed by atoms with Gasteiger partial charge in [0.05, 0.1) is 6.54 Å². The summed E-state index contributed by atoms with van der Waals surface area (Å²) in [5.41, 5.74) is 3.90. The number of hydrogen-bond donors (Lipinski definition) is 1. The number of aryl methyl sites for hydroxylation is 1. The van der Waals surface area contributed by atoms with Gasteiger partial charge in [0, 0.05) is 37.4 Å². The molecule has 0 aliphatic carbocycles. The average Bonchev–Trinajstić information content (AvgIpc) is 2.95. The van der Waals surface area contributed by atoms with Gasteiger partial charge in [0.25, 0.3) is 5.91 Å². The molecular weight excluding hydrogens is 362 g/mol. The van der Waals surface area contributed by atoms with Gasteiger partial charge in [-0.15, -0.1) is 0 Å². The summed E-state index contributed by atoms with van der Waals surface area (Å²) >= 11 is 0. The van der Waals surface area contributed by atoms with Crippen molar-refractivity contribution >= 4 is 17.5 Å². The molecule has 3 rings (SSSR count). The highest BCUT2D eigenvalue weighted by atomic mass is 16.2. The van der Waals surface area contributed by atoms with E-state index in [0.29, 0.717) is 25.6 Å². The van der Waals surface area contributed by atoms with Crippen molar-refractivity contribution in [1.29, 1.82) is 0 Å². The molecule has 1 aliphatic heterocycles. The van der Waals surface area contributed by atoms with E-state index < -0.39 is 0 Å². The van der Waals surface area contributed by atoms with E-state index >= 15 is 0 Å². The van der Waals surface area contributed by atoms with Crippen molar-refractivity contribution in [3.05, 3.63) is 65.2 Å². The molecule has 0 atom stereocenters. The van der Waals surface area contributed by atoms with Gasteiger partial charge < -0.3 is 10.2 Å². The molecule has 1 saturated heterocycles. The largest absolute Gasteiger partial charge is 0.337 e. The number of benzene rings is 2. The molecule has 29 heavy (non-hydrogen) atoms. The van der Waals surface area contributed by atoms with E-state index in [-0.39, 0.29) is 11.8 Å². The smallest absolute Gasteiger partial charge is 0.253 e. The van der Waals surface area contributed by atoms with Gasteiger partial charge >= 0.3 is 0 Å². The van der Waals surface area contributed by atoms with Crippen LogP contribution in [0.15, 0.2) is 48.5 Å². The fourth-order valence-electron chi connectivity index (χ4n) is 3.82. The van der Waals surface area contributed by atoms with Crippen LogP contribution in [0.3, 0.4) is 0 Å². The summed E-state index contributed by atoms with van der Waals surface area (Å²) in [6.07, 6.45) is 0.869. The molecule has 2 aromatic carbocycles. The van der Waals surface area contributed by atoms with Gasteiger partial charge in [0.2, 0.25) is 5.91 Å². The minimum atomic E-state index is 0.00374. The number of carbonyl (C=O) groups excluding carboxylic acids is 2. The number of nitrogens with zero attached hydrogens (tertiary/aromatic N) is 2. The maximum Gasteiger partial charge on any atom is 0.253 e. The van der Waals surface area contributed by atoms with Crippen LogP contribution in [0.25, 0.3) is 0 Å². The van der Waals surface area contributed by atoms with E-state index in [2.05, 4.69) is 30.1 Å². The summed E-state index contributed by atoms with van der Waals surface area (Å²) < 4.78 is 0. The molecule has 0 radical (unpaired) electrons. The normalized spacial score (nSPS) is 15.2. The summed E-state index contributed by atoms with van der Waals surface area (Å²) in [6.45, 7) is 9.53. The number of hydrogen-bond acceptors (Lipinski definition) is 3. The van der Waals surface area contributed by atoms with Gasteiger partial charge in [0.15, 0.2) is 0 Å². The second-order valence-corrected chi connectivity index (χ2v) is 8.03. The van der Waals surface area contributed by atoms with Crippen molar-refractivity contribution in [2.45, 2.75) is 33.1 Å². The Kier molecular flexibility index (Phi) is 7.04. The maximum absolute atomic E-state index is 12.7. The Morgan fingerprint density at radius 3 is 2.45 bits per heavy atom. The predicted molar refractivity (Wildman–Crippen MR) is 117 cm³/mol. The quantitative estimate of drug-likeness (QED) is 0.838. The van der Waals surface area contributed by atoms with Crippen LogP contribution >= 0.6 is 0 Å². The van der Waals surface area contributed by atoms with Crippen LogP contribution in [0.4, 0.5) is 5.69 Å². The van der Waals surface area contributed by atoms with Crippen molar-refractivity contribution < 1.29 is 9.59 Å². The molecule has 0 spiro atoms. The fraction of sp³-hybridized carbons (Fsp3) is 0.417. The van der Waals surface area contributed by atoms with Crippen molar-refractivity contribution in [3.63, 3.8) is 0 Å². The second kappa shape index (κ2) is 9.70. The molecule has 0 bridgehead atoms.